The molecule has 1 atom stereocenters. The first kappa shape index (κ1) is 18.4. The summed E-state index contributed by atoms with van der Waals surface area (Å²) in [6, 6.07) is 4.11. The summed E-state index contributed by atoms with van der Waals surface area (Å²) in [5.41, 5.74) is 0.589. The predicted molar refractivity (Wildman–Crippen MR) is 102 cm³/mol. The van der Waals surface area contributed by atoms with Gasteiger partial charge in [-0.15, -0.1) is 0 Å². The van der Waals surface area contributed by atoms with Gasteiger partial charge in [-0.05, 0) is 31.5 Å². The number of hydrogen-bond donors (Lipinski definition) is 3. The lowest BCUT2D eigenvalue weighted by atomic mass is 10.2. The number of carbonyl (C=O) groups excluding carboxylic acids is 1. The van der Waals surface area contributed by atoms with Crippen molar-refractivity contribution in [2.45, 2.75) is 45.2 Å². The molecule has 0 unspecified atom stereocenters. The van der Waals surface area contributed by atoms with Crippen molar-refractivity contribution in [3.8, 4) is 0 Å². The minimum atomic E-state index is -0.0821. The summed E-state index contributed by atoms with van der Waals surface area (Å²) in [4.78, 5) is 21.0. The first-order chi connectivity index (χ1) is 12.6. The second-order valence-corrected chi connectivity index (χ2v) is 7.01. The van der Waals surface area contributed by atoms with Crippen LogP contribution >= 0.6 is 0 Å². The number of pyridine rings is 1. The zero-order valence-electron chi connectivity index (χ0n) is 15.5. The van der Waals surface area contributed by atoms with Gasteiger partial charge in [0.1, 0.15) is 11.6 Å². The van der Waals surface area contributed by atoms with E-state index in [1.165, 1.54) is 0 Å². The lowest BCUT2D eigenvalue weighted by Gasteiger charge is -2.12. The maximum absolute atomic E-state index is 12.2. The number of amides is 1. The Hall–Kier alpha value is -2.41. The Kier molecular flexibility index (Phi) is 6.22. The molecule has 0 radical (unpaired) electrons. The number of aryl methyl sites for hydroxylation is 1. The van der Waals surface area contributed by atoms with Crippen LogP contribution in [-0.4, -0.2) is 46.1 Å². The lowest BCUT2D eigenvalue weighted by molar-refractivity contribution is 0.0952. The van der Waals surface area contributed by atoms with Crippen molar-refractivity contribution >= 4 is 11.7 Å². The highest BCUT2D eigenvalue weighted by molar-refractivity contribution is 5.94. The average molecular weight is 356 g/mol. The Morgan fingerprint density at radius 1 is 1.38 bits per heavy atom. The largest absolute Gasteiger partial charge is 0.366 e. The van der Waals surface area contributed by atoms with Crippen LogP contribution in [0, 0.1) is 0 Å². The van der Waals surface area contributed by atoms with Crippen molar-refractivity contribution in [1.82, 2.24) is 25.2 Å². The van der Waals surface area contributed by atoms with Gasteiger partial charge in [0.05, 0.1) is 5.56 Å². The molecule has 1 aliphatic heterocycles. The Morgan fingerprint density at radius 2 is 2.27 bits per heavy atom. The molecule has 2 aromatic rings. The van der Waals surface area contributed by atoms with Crippen LogP contribution in [0.25, 0.3) is 0 Å². The average Bonchev–Trinajstić information content (AvgIpc) is 3.31. The molecule has 0 aromatic carbocycles. The van der Waals surface area contributed by atoms with Crippen LogP contribution in [0.1, 0.15) is 48.8 Å². The molecule has 1 aliphatic rings. The van der Waals surface area contributed by atoms with Gasteiger partial charge in [0, 0.05) is 50.2 Å². The van der Waals surface area contributed by atoms with Crippen LogP contribution in [-0.2, 0) is 6.54 Å². The highest BCUT2D eigenvalue weighted by Crippen LogP contribution is 2.12. The maximum Gasteiger partial charge on any atom is 0.252 e. The Bertz CT molecular complexity index is 703. The lowest BCUT2D eigenvalue weighted by Crippen LogP contribution is -2.26. The topological polar surface area (TPSA) is 83.9 Å². The van der Waals surface area contributed by atoms with Gasteiger partial charge in [-0.2, -0.15) is 0 Å². The smallest absolute Gasteiger partial charge is 0.252 e. The van der Waals surface area contributed by atoms with Crippen LogP contribution in [0.4, 0.5) is 5.82 Å². The molecule has 1 saturated heterocycles. The van der Waals surface area contributed by atoms with Crippen molar-refractivity contribution in [2.24, 2.45) is 0 Å². The number of nitrogens with one attached hydrogen (secondary N) is 3. The number of hydrogen-bond acceptors (Lipinski definition) is 5. The number of aromatic nitrogens is 3. The SMILES string of the molecule is CC(C)c1nccn1CCCNC(=O)c1ccc(N[C@H]2CCNC2)nc1. The molecule has 7 nitrogen and oxygen atoms in total. The number of carbonyl (C=O) groups is 1. The van der Waals surface area contributed by atoms with E-state index in [-0.39, 0.29) is 5.91 Å². The van der Waals surface area contributed by atoms with Crippen molar-refractivity contribution in [3.05, 3.63) is 42.1 Å². The highest BCUT2D eigenvalue weighted by atomic mass is 16.1. The summed E-state index contributed by atoms with van der Waals surface area (Å²) in [6.07, 6.45) is 7.42. The first-order valence-electron chi connectivity index (χ1n) is 9.36. The fraction of sp³-hybridized carbons (Fsp3) is 0.526. The van der Waals surface area contributed by atoms with Crippen LogP contribution in [0.15, 0.2) is 30.7 Å². The van der Waals surface area contributed by atoms with Crippen LogP contribution in [0.2, 0.25) is 0 Å². The van der Waals surface area contributed by atoms with Gasteiger partial charge in [0.2, 0.25) is 0 Å². The Labute approximate surface area is 154 Å². The van der Waals surface area contributed by atoms with E-state index in [1.54, 1.807) is 6.20 Å². The standard InChI is InChI=1S/C19H28N6O/c1-14(2)18-21-9-11-25(18)10-3-7-22-19(26)15-4-5-17(23-12-15)24-16-6-8-20-13-16/h4-5,9,11-12,14,16,20H,3,6-8,10,13H2,1-2H3,(H,22,26)(H,23,24)/t16-/m0/s1. The third-order valence-corrected chi connectivity index (χ3v) is 4.56. The van der Waals surface area contributed by atoms with Crippen LogP contribution in [0.5, 0.6) is 0 Å². The zero-order valence-corrected chi connectivity index (χ0v) is 15.5. The molecule has 26 heavy (non-hydrogen) atoms. The molecule has 2 aromatic heterocycles. The molecular formula is C19H28N6O. The second-order valence-electron chi connectivity index (χ2n) is 7.01. The Morgan fingerprint density at radius 3 is 2.96 bits per heavy atom. The number of nitrogens with zero attached hydrogens (tertiary/aromatic N) is 3. The van der Waals surface area contributed by atoms with E-state index in [0.29, 0.717) is 24.1 Å². The van der Waals surface area contributed by atoms with E-state index in [0.717, 1.165) is 44.1 Å². The highest BCUT2D eigenvalue weighted by Gasteiger charge is 2.14. The molecule has 1 amide bonds. The monoisotopic (exact) mass is 356 g/mol. The molecule has 3 N–H and O–H groups in total. The molecule has 7 heteroatoms. The predicted octanol–water partition coefficient (Wildman–Crippen LogP) is 2.00. The maximum atomic E-state index is 12.2. The number of rotatable bonds is 8. The summed E-state index contributed by atoms with van der Waals surface area (Å²) in [7, 11) is 0. The molecule has 1 fully saturated rings. The summed E-state index contributed by atoms with van der Waals surface area (Å²) in [5, 5.41) is 9.65. The summed E-state index contributed by atoms with van der Waals surface area (Å²) in [5.74, 6) is 2.22. The molecule has 0 bridgehead atoms. The summed E-state index contributed by atoms with van der Waals surface area (Å²) in [6.45, 7) is 7.74. The molecule has 140 valence electrons. The van der Waals surface area contributed by atoms with E-state index in [9.17, 15) is 4.79 Å². The van der Waals surface area contributed by atoms with E-state index in [2.05, 4.69) is 44.3 Å². The second kappa shape index (κ2) is 8.80. The number of imidazole rings is 1. The van der Waals surface area contributed by atoms with Crippen molar-refractivity contribution in [3.63, 3.8) is 0 Å². The minimum absolute atomic E-state index is 0.0821. The molecule has 0 spiro atoms. The Balaban J connectivity index is 1.42. The third-order valence-electron chi connectivity index (χ3n) is 4.56. The molecule has 3 rings (SSSR count). The zero-order chi connectivity index (χ0) is 18.4. The third kappa shape index (κ3) is 4.82. The normalized spacial score (nSPS) is 16.8. The molecule has 0 saturated carbocycles. The first-order valence-corrected chi connectivity index (χ1v) is 9.36. The van der Waals surface area contributed by atoms with E-state index < -0.39 is 0 Å². The molecular weight excluding hydrogens is 328 g/mol. The number of anilines is 1. The van der Waals surface area contributed by atoms with E-state index >= 15 is 0 Å². The van der Waals surface area contributed by atoms with Gasteiger partial charge in [-0.3, -0.25) is 4.79 Å². The van der Waals surface area contributed by atoms with Crippen LogP contribution < -0.4 is 16.0 Å². The molecule has 3 heterocycles. The van der Waals surface area contributed by atoms with E-state index in [1.807, 2.05) is 24.5 Å². The van der Waals surface area contributed by atoms with Crippen molar-refractivity contribution in [2.75, 3.05) is 25.0 Å². The minimum Gasteiger partial charge on any atom is -0.366 e. The van der Waals surface area contributed by atoms with E-state index in [4.69, 9.17) is 0 Å². The van der Waals surface area contributed by atoms with Crippen molar-refractivity contribution < 1.29 is 4.79 Å². The van der Waals surface area contributed by atoms with Gasteiger partial charge in [-0.1, -0.05) is 13.8 Å². The summed E-state index contributed by atoms with van der Waals surface area (Å²) >= 11 is 0. The quantitative estimate of drug-likeness (QED) is 0.630. The van der Waals surface area contributed by atoms with Gasteiger partial charge in [-0.25, -0.2) is 9.97 Å². The van der Waals surface area contributed by atoms with Crippen molar-refractivity contribution in [1.29, 1.82) is 0 Å². The summed E-state index contributed by atoms with van der Waals surface area (Å²) < 4.78 is 2.15. The van der Waals surface area contributed by atoms with Gasteiger partial charge < -0.3 is 20.5 Å². The van der Waals surface area contributed by atoms with Crippen LogP contribution in [0.3, 0.4) is 0 Å². The van der Waals surface area contributed by atoms with Gasteiger partial charge >= 0.3 is 0 Å². The fourth-order valence-electron chi connectivity index (χ4n) is 3.16. The fourth-order valence-corrected chi connectivity index (χ4v) is 3.16. The van der Waals surface area contributed by atoms with Gasteiger partial charge in [0.15, 0.2) is 0 Å². The van der Waals surface area contributed by atoms with Gasteiger partial charge in [0.25, 0.3) is 5.91 Å². The molecule has 0 aliphatic carbocycles.